The van der Waals surface area contributed by atoms with Gasteiger partial charge in [0.1, 0.15) is 11.9 Å². The van der Waals surface area contributed by atoms with Crippen molar-refractivity contribution in [2.24, 2.45) is 40.4 Å². The number of rotatable bonds is 5. The van der Waals surface area contributed by atoms with Crippen LogP contribution in [0.25, 0.3) is 6.08 Å². The molecule has 0 bridgehead atoms. The van der Waals surface area contributed by atoms with Crippen molar-refractivity contribution in [2.75, 3.05) is 0 Å². The van der Waals surface area contributed by atoms with Gasteiger partial charge in [-0.1, -0.05) is 71.9 Å². The first-order chi connectivity index (χ1) is 14.5. The summed E-state index contributed by atoms with van der Waals surface area (Å²) in [7, 11) is 0. The Morgan fingerprint density at radius 2 is 1.74 bits per heavy atom. The molecular weight excluding hydrogens is 384 g/mol. The average molecular weight is 425 g/mol. The third kappa shape index (κ3) is 4.66. The number of ketones is 1. The predicted octanol–water partition coefficient (Wildman–Crippen LogP) is 6.57. The Balaban J connectivity index is 2.01. The van der Waals surface area contributed by atoms with Crippen LogP contribution in [-0.4, -0.2) is 17.9 Å². The lowest BCUT2D eigenvalue weighted by Crippen LogP contribution is -2.53. The minimum atomic E-state index is -0.408. The summed E-state index contributed by atoms with van der Waals surface area (Å²) in [5.74, 6) is 1.40. The number of carbonyl (C=O) groups excluding carboxylic acids is 2. The maximum atomic E-state index is 13.1. The standard InChI is InChI=1S/C28H40O3/c1-18(2)28(7)25(20(4)29)27(5,6)17-22-15-19(3)16-23(22)26(28)31-24(30)14-13-21-11-9-8-10-12-21/h8-14,18-19,22-23,25-26H,15-17H2,1-7H3. The molecule has 6 unspecified atom stereocenters. The number of carbonyl (C=O) groups is 2. The molecule has 0 heterocycles. The van der Waals surface area contributed by atoms with Gasteiger partial charge in [-0.05, 0) is 66.9 Å². The van der Waals surface area contributed by atoms with Crippen LogP contribution in [0.15, 0.2) is 36.4 Å². The number of hydrogen-bond acceptors (Lipinski definition) is 3. The summed E-state index contributed by atoms with van der Waals surface area (Å²) in [6.07, 6.45) is 6.33. The van der Waals surface area contributed by atoms with Crippen LogP contribution in [0.2, 0.25) is 0 Å². The molecular formula is C28H40O3. The molecule has 0 spiro atoms. The Kier molecular flexibility index (Phi) is 6.84. The molecule has 3 nitrogen and oxygen atoms in total. The zero-order valence-electron chi connectivity index (χ0n) is 20.4. The summed E-state index contributed by atoms with van der Waals surface area (Å²) in [5, 5.41) is 0. The van der Waals surface area contributed by atoms with E-state index in [1.165, 1.54) is 0 Å². The van der Waals surface area contributed by atoms with Gasteiger partial charge in [0.2, 0.25) is 0 Å². The van der Waals surface area contributed by atoms with E-state index in [1.807, 2.05) is 36.4 Å². The normalized spacial score (nSPS) is 35.0. The monoisotopic (exact) mass is 424 g/mol. The minimum Gasteiger partial charge on any atom is -0.458 e. The van der Waals surface area contributed by atoms with Gasteiger partial charge in [0.05, 0.1) is 0 Å². The maximum absolute atomic E-state index is 13.1. The molecule has 170 valence electrons. The van der Waals surface area contributed by atoms with E-state index in [0.717, 1.165) is 24.8 Å². The lowest BCUT2D eigenvalue weighted by Gasteiger charge is -2.50. The quantitative estimate of drug-likeness (QED) is 0.396. The van der Waals surface area contributed by atoms with Gasteiger partial charge in [0.25, 0.3) is 0 Å². The fraction of sp³-hybridized carbons (Fsp3) is 0.643. The molecule has 2 saturated carbocycles. The zero-order valence-corrected chi connectivity index (χ0v) is 20.4. The largest absolute Gasteiger partial charge is 0.458 e. The molecule has 2 fully saturated rings. The molecule has 3 heteroatoms. The van der Waals surface area contributed by atoms with Gasteiger partial charge in [-0.2, -0.15) is 0 Å². The molecule has 1 aromatic rings. The van der Waals surface area contributed by atoms with Gasteiger partial charge in [-0.3, -0.25) is 4.79 Å². The molecule has 31 heavy (non-hydrogen) atoms. The van der Waals surface area contributed by atoms with E-state index in [0.29, 0.717) is 17.8 Å². The topological polar surface area (TPSA) is 43.4 Å². The fourth-order valence-electron chi connectivity index (χ4n) is 7.07. The summed E-state index contributed by atoms with van der Waals surface area (Å²) in [6, 6.07) is 9.81. The highest BCUT2D eigenvalue weighted by atomic mass is 16.5. The molecule has 0 N–H and O–H groups in total. The van der Waals surface area contributed by atoms with Crippen molar-refractivity contribution in [3.05, 3.63) is 42.0 Å². The summed E-state index contributed by atoms with van der Waals surface area (Å²) < 4.78 is 6.33. The minimum absolute atomic E-state index is 0.126. The molecule has 0 aliphatic heterocycles. The predicted molar refractivity (Wildman–Crippen MR) is 126 cm³/mol. The smallest absolute Gasteiger partial charge is 0.331 e. The van der Waals surface area contributed by atoms with Crippen LogP contribution in [0.3, 0.4) is 0 Å². The van der Waals surface area contributed by atoms with Crippen molar-refractivity contribution in [1.29, 1.82) is 0 Å². The van der Waals surface area contributed by atoms with E-state index in [9.17, 15) is 9.59 Å². The number of hydrogen-bond donors (Lipinski definition) is 0. The molecule has 0 aromatic heterocycles. The maximum Gasteiger partial charge on any atom is 0.331 e. The highest BCUT2D eigenvalue weighted by Gasteiger charge is 2.60. The van der Waals surface area contributed by atoms with E-state index in [2.05, 4.69) is 41.5 Å². The van der Waals surface area contributed by atoms with Crippen molar-refractivity contribution in [3.63, 3.8) is 0 Å². The van der Waals surface area contributed by atoms with Crippen molar-refractivity contribution >= 4 is 17.8 Å². The first-order valence-corrected chi connectivity index (χ1v) is 11.9. The van der Waals surface area contributed by atoms with Gasteiger partial charge in [-0.25, -0.2) is 4.79 Å². The Bertz CT molecular complexity index is 822. The molecule has 0 saturated heterocycles. The zero-order chi connectivity index (χ0) is 23.0. The molecule has 2 aliphatic carbocycles. The van der Waals surface area contributed by atoms with E-state index < -0.39 is 5.41 Å². The summed E-state index contributed by atoms with van der Waals surface area (Å²) >= 11 is 0. The van der Waals surface area contributed by atoms with E-state index in [4.69, 9.17) is 4.74 Å². The van der Waals surface area contributed by atoms with Crippen LogP contribution in [0, 0.1) is 40.4 Å². The summed E-state index contributed by atoms with van der Waals surface area (Å²) in [6.45, 7) is 15.1. The van der Waals surface area contributed by atoms with Crippen LogP contribution < -0.4 is 0 Å². The van der Waals surface area contributed by atoms with E-state index >= 15 is 0 Å². The van der Waals surface area contributed by atoms with Crippen LogP contribution in [-0.2, 0) is 14.3 Å². The summed E-state index contributed by atoms with van der Waals surface area (Å²) in [4.78, 5) is 26.1. The second-order valence-electron chi connectivity index (χ2n) is 11.4. The number of ether oxygens (including phenoxy) is 1. The van der Waals surface area contributed by atoms with Crippen LogP contribution in [0.4, 0.5) is 0 Å². The highest BCUT2D eigenvalue weighted by Crippen LogP contribution is 2.60. The Hall–Kier alpha value is -1.90. The molecule has 3 rings (SSSR count). The lowest BCUT2D eigenvalue weighted by atomic mass is 9.55. The molecule has 2 aliphatic rings. The molecule has 1 aromatic carbocycles. The van der Waals surface area contributed by atoms with Crippen LogP contribution >= 0.6 is 0 Å². The van der Waals surface area contributed by atoms with Crippen molar-refractivity contribution in [3.8, 4) is 0 Å². The second-order valence-corrected chi connectivity index (χ2v) is 11.4. The van der Waals surface area contributed by atoms with Gasteiger partial charge >= 0.3 is 5.97 Å². The first kappa shape index (κ1) is 23.8. The molecule has 0 amide bonds. The number of esters is 1. The van der Waals surface area contributed by atoms with Crippen molar-refractivity contribution < 1.29 is 14.3 Å². The van der Waals surface area contributed by atoms with Gasteiger partial charge in [0.15, 0.2) is 0 Å². The van der Waals surface area contributed by atoms with E-state index in [1.54, 1.807) is 13.0 Å². The molecule has 6 atom stereocenters. The van der Waals surface area contributed by atoms with Crippen molar-refractivity contribution in [1.82, 2.24) is 0 Å². The molecule has 0 radical (unpaired) electrons. The highest BCUT2D eigenvalue weighted by molar-refractivity contribution is 5.87. The Morgan fingerprint density at radius 3 is 2.32 bits per heavy atom. The third-order valence-corrected chi connectivity index (χ3v) is 8.28. The van der Waals surface area contributed by atoms with Gasteiger partial charge in [0, 0.05) is 17.4 Å². The average Bonchev–Trinajstić information content (AvgIpc) is 3.00. The second kappa shape index (κ2) is 8.92. The Labute approximate surface area is 188 Å². The third-order valence-electron chi connectivity index (χ3n) is 8.28. The van der Waals surface area contributed by atoms with E-state index in [-0.39, 0.29) is 35.1 Å². The Morgan fingerprint density at radius 1 is 1.10 bits per heavy atom. The van der Waals surface area contributed by atoms with Crippen LogP contribution in [0.1, 0.15) is 73.3 Å². The number of fused-ring (bicyclic) bond motifs is 1. The SMILES string of the molecule is CC(=O)C1C(C)(C)CC2CC(C)CC2C(OC(=O)C=Cc2ccccc2)C1(C)C(C)C. The van der Waals surface area contributed by atoms with Crippen LogP contribution in [0.5, 0.6) is 0 Å². The summed E-state index contributed by atoms with van der Waals surface area (Å²) in [5.41, 5.74) is 0.440. The fourth-order valence-corrected chi connectivity index (χ4v) is 7.07. The lowest BCUT2D eigenvalue weighted by molar-refractivity contribution is -0.169. The first-order valence-electron chi connectivity index (χ1n) is 11.9. The number of benzene rings is 1. The van der Waals surface area contributed by atoms with Gasteiger partial charge in [-0.15, -0.1) is 0 Å². The number of Topliss-reactive ketones (excluding diaryl/α,β-unsaturated/α-hetero) is 1. The van der Waals surface area contributed by atoms with Gasteiger partial charge < -0.3 is 4.74 Å². The van der Waals surface area contributed by atoms with Crippen molar-refractivity contribution in [2.45, 2.75) is 73.8 Å².